The number of likely N-dealkylation sites (N-methyl/N-ethyl adjacent to an activating group) is 1. The minimum atomic E-state index is 0.0985. The Balaban J connectivity index is 1.44. The highest BCUT2D eigenvalue weighted by Gasteiger charge is 2.26. The molecule has 2 aromatic carbocycles. The maximum atomic E-state index is 12.5. The van der Waals surface area contributed by atoms with Crippen LogP contribution in [0.15, 0.2) is 48.5 Å². The second-order valence-electron chi connectivity index (χ2n) is 6.59. The molecule has 2 aliphatic rings. The summed E-state index contributed by atoms with van der Waals surface area (Å²) in [6.07, 6.45) is 0.478. The van der Waals surface area contributed by atoms with Crippen LogP contribution < -0.4 is 9.80 Å². The largest absolute Gasteiger partial charge is 0.368 e. The fraction of sp³-hybridized carbons (Fsp3) is 0.300. The third kappa shape index (κ3) is 2.86. The molecule has 2 aliphatic heterocycles. The van der Waals surface area contributed by atoms with Gasteiger partial charge in [-0.05, 0) is 35.9 Å². The van der Waals surface area contributed by atoms with Crippen LogP contribution in [0.4, 0.5) is 11.4 Å². The van der Waals surface area contributed by atoms with E-state index in [0.717, 1.165) is 35.6 Å². The van der Waals surface area contributed by atoms with E-state index in [1.54, 1.807) is 4.90 Å². The van der Waals surface area contributed by atoms with Crippen LogP contribution in [0.3, 0.4) is 0 Å². The van der Waals surface area contributed by atoms with Gasteiger partial charge in [0.15, 0.2) is 0 Å². The van der Waals surface area contributed by atoms with E-state index >= 15 is 0 Å². The summed E-state index contributed by atoms with van der Waals surface area (Å²) in [7, 11) is 1.82. The third-order valence-corrected chi connectivity index (χ3v) is 5.09. The van der Waals surface area contributed by atoms with Crippen molar-refractivity contribution in [2.24, 2.45) is 0 Å². The summed E-state index contributed by atoms with van der Waals surface area (Å²) in [5, 5.41) is 0. The Bertz CT molecular complexity index is 811. The van der Waals surface area contributed by atoms with Crippen LogP contribution in [0.25, 0.3) is 0 Å². The van der Waals surface area contributed by atoms with Crippen LogP contribution in [0.1, 0.15) is 15.9 Å². The van der Waals surface area contributed by atoms with Crippen LogP contribution in [-0.2, 0) is 11.2 Å². The lowest BCUT2D eigenvalue weighted by atomic mass is 10.1. The van der Waals surface area contributed by atoms with E-state index in [1.165, 1.54) is 0 Å². The average Bonchev–Trinajstić information content (AvgIpc) is 2.95. The number of piperazine rings is 1. The maximum absolute atomic E-state index is 12.5. The molecule has 0 bridgehead atoms. The molecule has 0 radical (unpaired) electrons. The lowest BCUT2D eigenvalue weighted by Gasteiger charge is -2.36. The molecular formula is C20H21N3O2. The molecule has 1 saturated heterocycles. The van der Waals surface area contributed by atoms with Crippen molar-refractivity contribution in [1.82, 2.24) is 4.90 Å². The number of nitrogens with zero attached hydrogens (tertiary/aromatic N) is 3. The SMILES string of the molecule is CN1C(=O)Cc2cc(N3CCN(C(=O)c4ccccc4)CC3)ccc21. The van der Waals surface area contributed by atoms with E-state index in [-0.39, 0.29) is 11.8 Å². The van der Waals surface area contributed by atoms with E-state index in [1.807, 2.05) is 48.3 Å². The molecule has 4 rings (SSSR count). The molecular weight excluding hydrogens is 314 g/mol. The van der Waals surface area contributed by atoms with Crippen molar-refractivity contribution < 1.29 is 9.59 Å². The first-order valence-electron chi connectivity index (χ1n) is 8.62. The number of carbonyl (C=O) groups excluding carboxylic acids is 2. The average molecular weight is 335 g/mol. The molecule has 0 saturated carbocycles. The predicted molar refractivity (Wildman–Crippen MR) is 98.1 cm³/mol. The van der Waals surface area contributed by atoms with Crippen molar-refractivity contribution in [3.05, 3.63) is 59.7 Å². The smallest absolute Gasteiger partial charge is 0.253 e. The topological polar surface area (TPSA) is 43.9 Å². The molecule has 2 heterocycles. The summed E-state index contributed by atoms with van der Waals surface area (Å²) < 4.78 is 0. The molecule has 1 fully saturated rings. The second-order valence-corrected chi connectivity index (χ2v) is 6.59. The van der Waals surface area contributed by atoms with Gasteiger partial charge in [0.25, 0.3) is 5.91 Å². The van der Waals surface area contributed by atoms with Crippen LogP contribution in [0, 0.1) is 0 Å². The number of hydrogen-bond acceptors (Lipinski definition) is 3. The zero-order valence-electron chi connectivity index (χ0n) is 14.3. The molecule has 5 heteroatoms. The van der Waals surface area contributed by atoms with Gasteiger partial charge in [0, 0.05) is 50.2 Å². The quantitative estimate of drug-likeness (QED) is 0.845. The Morgan fingerprint density at radius 3 is 2.40 bits per heavy atom. The molecule has 128 valence electrons. The molecule has 0 aliphatic carbocycles. The summed E-state index contributed by atoms with van der Waals surface area (Å²) in [5.74, 6) is 0.242. The molecule has 0 atom stereocenters. The number of fused-ring (bicyclic) bond motifs is 1. The Morgan fingerprint density at radius 1 is 0.960 bits per heavy atom. The van der Waals surface area contributed by atoms with Gasteiger partial charge in [-0.3, -0.25) is 9.59 Å². The van der Waals surface area contributed by atoms with E-state index in [9.17, 15) is 9.59 Å². The van der Waals surface area contributed by atoms with Crippen LogP contribution in [0.5, 0.6) is 0 Å². The molecule has 0 unspecified atom stereocenters. The molecule has 5 nitrogen and oxygen atoms in total. The van der Waals surface area contributed by atoms with Gasteiger partial charge in [-0.15, -0.1) is 0 Å². The summed E-state index contributed by atoms with van der Waals surface area (Å²) in [6.45, 7) is 3.04. The summed E-state index contributed by atoms with van der Waals surface area (Å²) in [4.78, 5) is 30.3. The van der Waals surface area contributed by atoms with E-state index < -0.39 is 0 Å². The standard InChI is InChI=1S/C20H21N3O2/c1-21-18-8-7-17(13-16(18)14-19(21)24)22-9-11-23(12-10-22)20(25)15-5-3-2-4-6-15/h2-8,13H,9-12,14H2,1H3. The zero-order chi connectivity index (χ0) is 17.4. The predicted octanol–water partition coefficient (Wildman–Crippen LogP) is 2.17. The maximum Gasteiger partial charge on any atom is 0.253 e. The Hall–Kier alpha value is -2.82. The Labute approximate surface area is 147 Å². The third-order valence-electron chi connectivity index (χ3n) is 5.09. The fourth-order valence-corrected chi connectivity index (χ4v) is 3.58. The van der Waals surface area contributed by atoms with Gasteiger partial charge in [0.2, 0.25) is 5.91 Å². The van der Waals surface area contributed by atoms with Crippen molar-refractivity contribution in [2.45, 2.75) is 6.42 Å². The summed E-state index contributed by atoms with van der Waals surface area (Å²) in [6, 6.07) is 15.7. The Morgan fingerprint density at radius 2 is 1.68 bits per heavy atom. The van der Waals surface area contributed by atoms with Crippen LogP contribution in [-0.4, -0.2) is 49.9 Å². The molecule has 0 N–H and O–H groups in total. The van der Waals surface area contributed by atoms with Crippen molar-refractivity contribution in [2.75, 3.05) is 43.0 Å². The Kier molecular flexibility index (Phi) is 3.92. The molecule has 25 heavy (non-hydrogen) atoms. The number of carbonyl (C=O) groups is 2. The van der Waals surface area contributed by atoms with Crippen molar-refractivity contribution >= 4 is 23.2 Å². The number of amides is 2. The van der Waals surface area contributed by atoms with E-state index in [4.69, 9.17) is 0 Å². The first kappa shape index (κ1) is 15.7. The van der Waals surface area contributed by atoms with Crippen LogP contribution in [0.2, 0.25) is 0 Å². The van der Waals surface area contributed by atoms with Crippen molar-refractivity contribution in [3.8, 4) is 0 Å². The van der Waals surface area contributed by atoms with Crippen molar-refractivity contribution in [1.29, 1.82) is 0 Å². The van der Waals surface area contributed by atoms with Gasteiger partial charge < -0.3 is 14.7 Å². The molecule has 0 spiro atoms. The first-order chi connectivity index (χ1) is 12.1. The fourth-order valence-electron chi connectivity index (χ4n) is 3.58. The van der Waals surface area contributed by atoms with E-state index in [2.05, 4.69) is 17.0 Å². The van der Waals surface area contributed by atoms with Gasteiger partial charge in [-0.2, -0.15) is 0 Å². The monoisotopic (exact) mass is 335 g/mol. The number of rotatable bonds is 2. The first-order valence-corrected chi connectivity index (χ1v) is 8.62. The van der Waals surface area contributed by atoms with E-state index in [0.29, 0.717) is 19.5 Å². The summed E-state index contributed by atoms with van der Waals surface area (Å²) >= 11 is 0. The minimum absolute atomic E-state index is 0.0985. The second kappa shape index (κ2) is 6.24. The number of benzene rings is 2. The zero-order valence-corrected chi connectivity index (χ0v) is 14.3. The lowest BCUT2D eigenvalue weighted by molar-refractivity contribution is -0.117. The van der Waals surface area contributed by atoms with Gasteiger partial charge in [-0.1, -0.05) is 18.2 Å². The van der Waals surface area contributed by atoms with Crippen molar-refractivity contribution in [3.63, 3.8) is 0 Å². The highest BCUT2D eigenvalue weighted by Crippen LogP contribution is 2.31. The normalized spacial score (nSPS) is 17.0. The van der Waals surface area contributed by atoms with Crippen LogP contribution >= 0.6 is 0 Å². The molecule has 2 amide bonds. The summed E-state index contributed by atoms with van der Waals surface area (Å²) in [5.41, 5.74) is 3.98. The number of hydrogen-bond donors (Lipinski definition) is 0. The molecule has 2 aromatic rings. The highest BCUT2D eigenvalue weighted by atomic mass is 16.2. The molecule has 0 aromatic heterocycles. The minimum Gasteiger partial charge on any atom is -0.368 e. The lowest BCUT2D eigenvalue weighted by Crippen LogP contribution is -2.48. The van der Waals surface area contributed by atoms with Gasteiger partial charge >= 0.3 is 0 Å². The van der Waals surface area contributed by atoms with Gasteiger partial charge in [-0.25, -0.2) is 0 Å². The number of anilines is 2. The van der Waals surface area contributed by atoms with Gasteiger partial charge in [0.1, 0.15) is 0 Å². The highest BCUT2D eigenvalue weighted by molar-refractivity contribution is 6.01. The van der Waals surface area contributed by atoms with Gasteiger partial charge in [0.05, 0.1) is 6.42 Å².